The van der Waals surface area contributed by atoms with E-state index in [9.17, 15) is 14.4 Å². The molecule has 4 rings (SSSR count). The van der Waals surface area contributed by atoms with E-state index in [2.05, 4.69) is 5.32 Å². The summed E-state index contributed by atoms with van der Waals surface area (Å²) in [6.45, 7) is 3.81. The van der Waals surface area contributed by atoms with Crippen molar-refractivity contribution in [2.24, 2.45) is 11.8 Å². The summed E-state index contributed by atoms with van der Waals surface area (Å²) in [6, 6.07) is 11.9. The van der Waals surface area contributed by atoms with Crippen molar-refractivity contribution in [1.82, 2.24) is 0 Å². The fourth-order valence-corrected chi connectivity index (χ4v) is 4.19. The second kappa shape index (κ2) is 7.48. The molecule has 5 nitrogen and oxygen atoms in total. The van der Waals surface area contributed by atoms with Gasteiger partial charge in [0.25, 0.3) is 5.91 Å². The zero-order chi connectivity index (χ0) is 20.7. The van der Waals surface area contributed by atoms with E-state index in [0.29, 0.717) is 34.8 Å². The first-order chi connectivity index (χ1) is 13.9. The first-order valence-corrected chi connectivity index (χ1v) is 9.94. The van der Waals surface area contributed by atoms with Crippen LogP contribution in [-0.2, 0) is 9.59 Å². The molecule has 0 aromatic heterocycles. The maximum Gasteiger partial charge on any atom is 0.255 e. The highest BCUT2D eigenvalue weighted by molar-refractivity contribution is 6.31. The van der Waals surface area contributed by atoms with Crippen LogP contribution < -0.4 is 10.2 Å². The van der Waals surface area contributed by atoms with E-state index < -0.39 is 0 Å². The highest BCUT2D eigenvalue weighted by atomic mass is 35.5. The molecule has 0 spiro atoms. The Morgan fingerprint density at radius 2 is 1.79 bits per heavy atom. The third-order valence-electron chi connectivity index (χ3n) is 5.71. The Morgan fingerprint density at radius 3 is 2.59 bits per heavy atom. The Labute approximate surface area is 174 Å². The maximum absolute atomic E-state index is 12.9. The third kappa shape index (κ3) is 3.47. The zero-order valence-corrected chi connectivity index (χ0v) is 17.0. The van der Waals surface area contributed by atoms with Crippen LogP contribution in [0.4, 0.5) is 11.4 Å². The van der Waals surface area contributed by atoms with Crippen molar-refractivity contribution in [3.63, 3.8) is 0 Å². The van der Waals surface area contributed by atoms with Crippen LogP contribution in [0.2, 0.25) is 5.02 Å². The number of hydrogen-bond donors (Lipinski definition) is 1. The number of hydrogen-bond acceptors (Lipinski definition) is 3. The Morgan fingerprint density at radius 1 is 1.07 bits per heavy atom. The lowest BCUT2D eigenvalue weighted by Gasteiger charge is -2.18. The van der Waals surface area contributed by atoms with Crippen LogP contribution in [-0.4, -0.2) is 17.7 Å². The van der Waals surface area contributed by atoms with Crippen molar-refractivity contribution in [2.45, 2.75) is 26.7 Å². The number of nitrogens with one attached hydrogen (secondary N) is 1. The highest BCUT2D eigenvalue weighted by Gasteiger charge is 2.48. The fraction of sp³-hybridized carbons (Fsp3) is 0.261. The number of halogens is 1. The van der Waals surface area contributed by atoms with Gasteiger partial charge in [0.15, 0.2) is 0 Å². The minimum absolute atomic E-state index is 0.185. The first-order valence-electron chi connectivity index (χ1n) is 9.57. The van der Waals surface area contributed by atoms with Crippen molar-refractivity contribution in [3.8, 4) is 0 Å². The lowest BCUT2D eigenvalue weighted by molar-refractivity contribution is -0.122. The molecule has 0 unspecified atom stereocenters. The van der Waals surface area contributed by atoms with Gasteiger partial charge in [-0.3, -0.25) is 19.3 Å². The Kier molecular flexibility index (Phi) is 5.01. The number of anilines is 2. The second-order valence-electron chi connectivity index (χ2n) is 7.63. The third-order valence-corrected chi connectivity index (χ3v) is 6.11. The van der Waals surface area contributed by atoms with Crippen LogP contribution in [0.5, 0.6) is 0 Å². The summed E-state index contributed by atoms with van der Waals surface area (Å²) in [4.78, 5) is 39.8. The summed E-state index contributed by atoms with van der Waals surface area (Å²) in [5, 5.41) is 3.41. The Balaban J connectivity index is 1.59. The Hall–Kier alpha value is -2.92. The molecular formula is C23H21ClN2O3. The van der Waals surface area contributed by atoms with E-state index in [0.717, 1.165) is 11.1 Å². The molecule has 1 heterocycles. The highest BCUT2D eigenvalue weighted by Crippen LogP contribution is 2.39. The fourth-order valence-electron chi connectivity index (χ4n) is 4.02. The van der Waals surface area contributed by atoms with Crippen molar-refractivity contribution in [2.75, 3.05) is 10.2 Å². The van der Waals surface area contributed by atoms with Gasteiger partial charge < -0.3 is 5.32 Å². The van der Waals surface area contributed by atoms with Crippen LogP contribution in [0.3, 0.4) is 0 Å². The normalized spacial score (nSPS) is 21.1. The van der Waals surface area contributed by atoms with Gasteiger partial charge >= 0.3 is 0 Å². The molecule has 1 saturated heterocycles. The van der Waals surface area contributed by atoms with Gasteiger partial charge in [-0.15, -0.1) is 0 Å². The number of carbonyl (C=O) groups excluding carboxylic acids is 3. The molecule has 1 fully saturated rings. The average molecular weight is 409 g/mol. The van der Waals surface area contributed by atoms with E-state index >= 15 is 0 Å². The molecule has 2 aliphatic rings. The molecule has 29 heavy (non-hydrogen) atoms. The van der Waals surface area contributed by atoms with Crippen molar-refractivity contribution in [3.05, 3.63) is 70.3 Å². The minimum Gasteiger partial charge on any atom is -0.322 e. The zero-order valence-electron chi connectivity index (χ0n) is 16.2. The number of fused-ring (bicyclic) bond motifs is 1. The number of benzene rings is 2. The molecule has 1 aliphatic carbocycles. The largest absolute Gasteiger partial charge is 0.322 e. The number of carbonyl (C=O) groups is 3. The van der Waals surface area contributed by atoms with E-state index in [1.165, 1.54) is 4.90 Å². The molecule has 3 amide bonds. The van der Waals surface area contributed by atoms with Crippen LogP contribution in [0.25, 0.3) is 0 Å². The molecule has 1 N–H and O–H groups in total. The first kappa shape index (κ1) is 19.4. The lowest BCUT2D eigenvalue weighted by Crippen LogP contribution is -2.31. The average Bonchev–Trinajstić information content (AvgIpc) is 2.95. The summed E-state index contributed by atoms with van der Waals surface area (Å²) in [5.74, 6) is -1.31. The number of imide groups is 1. The van der Waals surface area contributed by atoms with Crippen LogP contribution in [0.15, 0.2) is 54.1 Å². The van der Waals surface area contributed by atoms with E-state index in [-0.39, 0.29) is 29.6 Å². The smallest absolute Gasteiger partial charge is 0.255 e. The number of nitrogens with zero attached hydrogens (tertiary/aromatic N) is 1. The molecule has 2 aromatic carbocycles. The van der Waals surface area contributed by atoms with Crippen LogP contribution in [0, 0.1) is 18.8 Å². The minimum atomic E-state index is -0.328. The predicted molar refractivity (Wildman–Crippen MR) is 113 cm³/mol. The molecule has 0 bridgehead atoms. The topological polar surface area (TPSA) is 66.5 Å². The van der Waals surface area contributed by atoms with E-state index in [1.807, 2.05) is 19.9 Å². The van der Waals surface area contributed by atoms with Gasteiger partial charge in [0, 0.05) is 16.3 Å². The quantitative estimate of drug-likeness (QED) is 0.588. The summed E-state index contributed by atoms with van der Waals surface area (Å²) < 4.78 is 0. The standard InChI is InChI=1S/C23H21ClN2O3/c1-13-9-10-17-18(11-13)23(29)26(22(17)28)16-6-3-5-15(12-16)21(27)25-20-8-4-7-19(24)14(20)2/h3-9,12,17-18H,10-11H2,1-2H3,(H,25,27)/t17-,18-/m0/s1. The van der Waals surface area contributed by atoms with Gasteiger partial charge in [-0.1, -0.05) is 35.4 Å². The van der Waals surface area contributed by atoms with Gasteiger partial charge in [-0.05, 0) is 62.6 Å². The summed E-state index contributed by atoms with van der Waals surface area (Å²) in [5.41, 5.74) is 3.33. The summed E-state index contributed by atoms with van der Waals surface area (Å²) >= 11 is 6.12. The molecule has 1 aliphatic heterocycles. The van der Waals surface area contributed by atoms with Crippen molar-refractivity contribution >= 4 is 40.7 Å². The summed E-state index contributed by atoms with van der Waals surface area (Å²) in [7, 11) is 0. The number of rotatable bonds is 3. The van der Waals surface area contributed by atoms with E-state index in [4.69, 9.17) is 11.6 Å². The Bertz CT molecular complexity index is 1060. The van der Waals surface area contributed by atoms with Gasteiger partial charge in [-0.25, -0.2) is 0 Å². The molecule has 0 radical (unpaired) electrons. The predicted octanol–water partition coefficient (Wildman–Crippen LogP) is 4.75. The van der Waals surface area contributed by atoms with Gasteiger partial charge in [-0.2, -0.15) is 0 Å². The molecule has 2 aromatic rings. The van der Waals surface area contributed by atoms with Crippen LogP contribution >= 0.6 is 11.6 Å². The lowest BCUT2D eigenvalue weighted by atomic mass is 9.82. The maximum atomic E-state index is 12.9. The molecule has 0 saturated carbocycles. The number of amides is 3. The molecular weight excluding hydrogens is 388 g/mol. The van der Waals surface area contributed by atoms with Gasteiger partial charge in [0.05, 0.1) is 17.5 Å². The summed E-state index contributed by atoms with van der Waals surface area (Å²) in [6.07, 6.45) is 3.23. The monoisotopic (exact) mass is 408 g/mol. The van der Waals surface area contributed by atoms with Crippen molar-refractivity contribution < 1.29 is 14.4 Å². The van der Waals surface area contributed by atoms with Crippen LogP contribution in [0.1, 0.15) is 35.7 Å². The van der Waals surface area contributed by atoms with Gasteiger partial charge in [0.2, 0.25) is 11.8 Å². The molecule has 6 heteroatoms. The second-order valence-corrected chi connectivity index (χ2v) is 8.04. The van der Waals surface area contributed by atoms with Crippen molar-refractivity contribution in [1.29, 1.82) is 0 Å². The SMILES string of the molecule is CC1=CC[C@@H]2C(=O)N(c3cccc(C(=O)Nc4cccc(Cl)c4C)c3)C(=O)[C@H]2C1. The molecule has 148 valence electrons. The molecule has 2 atom stereocenters. The van der Waals surface area contributed by atoms with Gasteiger partial charge in [0.1, 0.15) is 0 Å². The van der Waals surface area contributed by atoms with E-state index in [1.54, 1.807) is 42.5 Å². The number of allylic oxidation sites excluding steroid dienone is 2.